The van der Waals surface area contributed by atoms with Crippen molar-refractivity contribution in [3.63, 3.8) is 0 Å². The Balaban J connectivity index is 1.85. The topological polar surface area (TPSA) is 90.4 Å². The summed E-state index contributed by atoms with van der Waals surface area (Å²) in [6.07, 6.45) is 1.57. The summed E-state index contributed by atoms with van der Waals surface area (Å²) in [4.78, 5) is 32.1. The molecule has 0 bridgehead atoms. The zero-order chi connectivity index (χ0) is 18.0. The van der Waals surface area contributed by atoms with E-state index < -0.39 is 0 Å². The maximum absolute atomic E-state index is 12.6. The lowest BCUT2D eigenvalue weighted by atomic mass is 9.98. The lowest BCUT2D eigenvalue weighted by Gasteiger charge is -2.24. The number of nitrogens with zero attached hydrogens (tertiary/aromatic N) is 3. The molecule has 2 heterocycles. The molecule has 0 radical (unpaired) electrons. The highest BCUT2D eigenvalue weighted by Gasteiger charge is 2.28. The van der Waals surface area contributed by atoms with Crippen LogP contribution in [0.3, 0.4) is 0 Å². The highest BCUT2D eigenvalue weighted by Crippen LogP contribution is 2.25. The smallest absolute Gasteiger partial charge is 0.268 e. The SMILES string of the molecule is CC[C@H](C)[C@@H](NC(=O)C1=NN(C)C(=O)CC1)c1nc2ccccc2[nH]1. The molecule has 0 unspecified atom stereocenters. The first kappa shape index (κ1) is 17.1. The molecule has 2 amide bonds. The normalized spacial score (nSPS) is 17.3. The standard InChI is InChI=1S/C18H23N5O2/c1-4-11(2)16(17-19-12-7-5-6-8-13(12)20-17)21-18(25)14-9-10-15(24)23(3)22-14/h5-8,11,16H,4,9-10H2,1-3H3,(H,19,20)(H,21,25)/t11-,16+/m0/s1. The Morgan fingerprint density at radius 2 is 2.12 bits per heavy atom. The van der Waals surface area contributed by atoms with Crippen molar-refractivity contribution in [2.24, 2.45) is 11.0 Å². The number of amides is 2. The van der Waals surface area contributed by atoms with Gasteiger partial charge in [-0.05, 0) is 18.1 Å². The summed E-state index contributed by atoms with van der Waals surface area (Å²) in [6, 6.07) is 7.55. The Bertz CT molecular complexity index is 793. The number of benzene rings is 1. The van der Waals surface area contributed by atoms with Crippen LogP contribution in [0.2, 0.25) is 0 Å². The van der Waals surface area contributed by atoms with Gasteiger partial charge in [0.15, 0.2) is 0 Å². The van der Waals surface area contributed by atoms with Crippen LogP contribution < -0.4 is 5.32 Å². The van der Waals surface area contributed by atoms with Crippen molar-refractivity contribution >= 4 is 28.6 Å². The lowest BCUT2D eigenvalue weighted by molar-refractivity contribution is -0.130. The number of H-pyrrole nitrogens is 1. The fraction of sp³-hybridized carbons (Fsp3) is 0.444. The monoisotopic (exact) mass is 341 g/mol. The summed E-state index contributed by atoms with van der Waals surface area (Å²) in [5, 5.41) is 8.38. The highest BCUT2D eigenvalue weighted by atomic mass is 16.2. The molecule has 7 heteroatoms. The quantitative estimate of drug-likeness (QED) is 0.875. The highest BCUT2D eigenvalue weighted by molar-refractivity contribution is 6.39. The minimum Gasteiger partial charge on any atom is -0.341 e. The molecular weight excluding hydrogens is 318 g/mol. The van der Waals surface area contributed by atoms with E-state index in [1.165, 1.54) is 5.01 Å². The van der Waals surface area contributed by atoms with Crippen LogP contribution in [-0.2, 0) is 9.59 Å². The largest absolute Gasteiger partial charge is 0.341 e. The maximum Gasteiger partial charge on any atom is 0.268 e. The molecule has 0 saturated heterocycles. The predicted molar refractivity (Wildman–Crippen MR) is 95.9 cm³/mol. The molecule has 0 saturated carbocycles. The molecule has 3 rings (SSSR count). The number of para-hydroxylation sites is 2. The molecule has 132 valence electrons. The molecule has 1 aliphatic rings. The van der Waals surface area contributed by atoms with Gasteiger partial charge in [0.05, 0.1) is 17.1 Å². The second-order valence-corrected chi connectivity index (χ2v) is 6.44. The third kappa shape index (κ3) is 3.55. The van der Waals surface area contributed by atoms with Crippen LogP contribution in [0.25, 0.3) is 11.0 Å². The molecule has 2 N–H and O–H groups in total. The summed E-state index contributed by atoms with van der Waals surface area (Å²) in [5.74, 6) is 0.621. The number of fused-ring (bicyclic) bond motifs is 1. The number of aromatic nitrogens is 2. The summed E-state index contributed by atoms with van der Waals surface area (Å²) in [6.45, 7) is 4.16. The minimum atomic E-state index is -0.245. The summed E-state index contributed by atoms with van der Waals surface area (Å²) >= 11 is 0. The molecule has 0 spiro atoms. The van der Waals surface area contributed by atoms with Gasteiger partial charge in [-0.3, -0.25) is 9.59 Å². The average Bonchev–Trinajstić information content (AvgIpc) is 3.04. The number of carbonyl (C=O) groups excluding carboxylic acids is 2. The number of aromatic amines is 1. The summed E-state index contributed by atoms with van der Waals surface area (Å²) < 4.78 is 0. The summed E-state index contributed by atoms with van der Waals surface area (Å²) in [7, 11) is 1.57. The van der Waals surface area contributed by atoms with Gasteiger partial charge >= 0.3 is 0 Å². The van der Waals surface area contributed by atoms with Crippen molar-refractivity contribution in [1.29, 1.82) is 0 Å². The first-order valence-electron chi connectivity index (χ1n) is 8.59. The molecule has 2 aromatic rings. The van der Waals surface area contributed by atoms with Crippen molar-refractivity contribution in [1.82, 2.24) is 20.3 Å². The number of rotatable bonds is 5. The van der Waals surface area contributed by atoms with Gasteiger partial charge in [0, 0.05) is 19.9 Å². The Morgan fingerprint density at radius 3 is 2.80 bits per heavy atom. The van der Waals surface area contributed by atoms with Gasteiger partial charge in [-0.25, -0.2) is 9.99 Å². The number of carbonyl (C=O) groups is 2. The van der Waals surface area contributed by atoms with Crippen LogP contribution in [-0.4, -0.2) is 39.6 Å². The second kappa shape index (κ2) is 7.04. The van der Waals surface area contributed by atoms with Gasteiger partial charge in [-0.1, -0.05) is 32.4 Å². The van der Waals surface area contributed by atoms with Crippen LogP contribution in [0, 0.1) is 5.92 Å². The van der Waals surface area contributed by atoms with Gasteiger partial charge in [-0.2, -0.15) is 5.10 Å². The van der Waals surface area contributed by atoms with Crippen LogP contribution in [0.5, 0.6) is 0 Å². The van der Waals surface area contributed by atoms with Crippen molar-refractivity contribution in [3.8, 4) is 0 Å². The Labute approximate surface area is 146 Å². The zero-order valence-electron chi connectivity index (χ0n) is 14.7. The van der Waals surface area contributed by atoms with Crippen LogP contribution in [0.4, 0.5) is 0 Å². The zero-order valence-corrected chi connectivity index (χ0v) is 14.7. The molecule has 7 nitrogen and oxygen atoms in total. The molecule has 0 fully saturated rings. The van der Waals surface area contributed by atoms with E-state index in [4.69, 9.17) is 0 Å². The Kier molecular flexibility index (Phi) is 4.83. The van der Waals surface area contributed by atoms with E-state index in [2.05, 4.69) is 34.2 Å². The van der Waals surface area contributed by atoms with Crippen LogP contribution >= 0.6 is 0 Å². The average molecular weight is 341 g/mol. The molecule has 0 aliphatic carbocycles. The summed E-state index contributed by atoms with van der Waals surface area (Å²) in [5.41, 5.74) is 2.20. The van der Waals surface area contributed by atoms with Crippen LogP contribution in [0.15, 0.2) is 29.4 Å². The number of hydrogen-bond donors (Lipinski definition) is 2. The van der Waals surface area contributed by atoms with E-state index in [1.54, 1.807) is 7.05 Å². The molecule has 2 atom stereocenters. The minimum absolute atomic E-state index is 0.0766. The molecule has 25 heavy (non-hydrogen) atoms. The van der Waals surface area contributed by atoms with Crippen LogP contribution in [0.1, 0.15) is 45.0 Å². The third-order valence-electron chi connectivity index (χ3n) is 4.67. The van der Waals surface area contributed by atoms with E-state index in [0.29, 0.717) is 18.6 Å². The number of nitrogens with one attached hydrogen (secondary N) is 2. The van der Waals surface area contributed by atoms with E-state index in [9.17, 15) is 9.59 Å². The number of hydrogen-bond acceptors (Lipinski definition) is 4. The number of hydrazone groups is 1. The van der Waals surface area contributed by atoms with E-state index >= 15 is 0 Å². The molecule has 1 aromatic carbocycles. The van der Waals surface area contributed by atoms with Gasteiger partial charge in [0.1, 0.15) is 11.5 Å². The lowest BCUT2D eigenvalue weighted by Crippen LogP contribution is -2.41. The van der Waals surface area contributed by atoms with Crippen molar-refractivity contribution < 1.29 is 9.59 Å². The van der Waals surface area contributed by atoms with Crippen molar-refractivity contribution in [2.75, 3.05) is 7.05 Å². The number of imidazole rings is 1. The molecule has 1 aliphatic heterocycles. The third-order valence-corrected chi connectivity index (χ3v) is 4.67. The van der Waals surface area contributed by atoms with Gasteiger partial charge < -0.3 is 10.3 Å². The first-order valence-corrected chi connectivity index (χ1v) is 8.59. The first-order chi connectivity index (χ1) is 12.0. The Hall–Kier alpha value is -2.70. The molecule has 1 aromatic heterocycles. The van der Waals surface area contributed by atoms with Gasteiger partial charge in [-0.15, -0.1) is 0 Å². The Morgan fingerprint density at radius 1 is 1.36 bits per heavy atom. The molecular formula is C18H23N5O2. The maximum atomic E-state index is 12.6. The van der Waals surface area contributed by atoms with E-state index in [-0.39, 0.29) is 23.8 Å². The van der Waals surface area contributed by atoms with Gasteiger partial charge in [0.2, 0.25) is 5.91 Å². The predicted octanol–water partition coefficient (Wildman–Crippen LogP) is 2.37. The second-order valence-electron chi connectivity index (χ2n) is 6.44. The van der Waals surface area contributed by atoms with E-state index in [0.717, 1.165) is 23.3 Å². The van der Waals surface area contributed by atoms with Crippen molar-refractivity contribution in [2.45, 2.75) is 39.2 Å². The fourth-order valence-electron chi connectivity index (χ4n) is 2.89. The van der Waals surface area contributed by atoms with E-state index in [1.807, 2.05) is 24.3 Å². The fourth-order valence-corrected chi connectivity index (χ4v) is 2.89. The van der Waals surface area contributed by atoms with Crippen molar-refractivity contribution in [3.05, 3.63) is 30.1 Å². The van der Waals surface area contributed by atoms with Gasteiger partial charge in [0.25, 0.3) is 5.91 Å².